The van der Waals surface area contributed by atoms with E-state index in [9.17, 15) is 30.0 Å². The number of fused-ring (bicyclic) bond motifs is 6. The van der Waals surface area contributed by atoms with Gasteiger partial charge in [-0.25, -0.2) is 0 Å². The molecule has 0 aromatic heterocycles. The van der Waals surface area contributed by atoms with Crippen LogP contribution < -0.4 is 10.1 Å². The summed E-state index contributed by atoms with van der Waals surface area (Å²) in [6.45, 7) is 10.7. The summed E-state index contributed by atoms with van der Waals surface area (Å²) in [5, 5.41) is 53.8. The Kier molecular flexibility index (Phi) is 13.5. The Morgan fingerprint density at radius 3 is 2.39 bits per heavy atom. The van der Waals surface area contributed by atoms with Crippen LogP contribution in [0.15, 0.2) is 42.5 Å². The molecule has 4 fully saturated rings. The molecular weight excluding hydrogens is 622 g/mol. The number of aliphatic hydroxyl groups excluding tert-OH is 4. The molecule has 9 atom stereocenters. The Balaban J connectivity index is 0.000000207. The maximum Gasteiger partial charge on any atom is 0.190 e. The van der Waals surface area contributed by atoms with Crippen LogP contribution >= 0.6 is 0 Å². The van der Waals surface area contributed by atoms with Crippen molar-refractivity contribution in [2.45, 2.75) is 116 Å². The highest BCUT2D eigenvalue weighted by atomic mass is 16.5. The standard InChI is InChI=1S/C21H32O5.C16H21NO2.C3H8O/c1-19-7-5-13(23)9-12(19)3-4-14-15-6-8-21(26,17(25)11-22)20(15,2)10-16(24)18(14)19;1-12(2)17-10-14(18)11-19-16-9-5-7-13-6-3-4-8-15(13)16;1-2-3-4/h12-15,18,22-23,26H,3-11H2,1-2H3;3-9,12,14,17-18H,10-11H2,1-2H3;4H,2-3H2,1H3/t12-,13-,14+,15+,18-,19+,20+,21+;14-;/m11./s1. The molecule has 2 aromatic rings. The van der Waals surface area contributed by atoms with E-state index >= 15 is 0 Å². The van der Waals surface area contributed by atoms with E-state index in [4.69, 9.17) is 9.84 Å². The lowest BCUT2D eigenvalue weighted by molar-refractivity contribution is -0.180. The van der Waals surface area contributed by atoms with Gasteiger partial charge in [-0.05, 0) is 86.0 Å². The Hall–Kier alpha value is -2.40. The number of ketones is 2. The smallest absolute Gasteiger partial charge is 0.190 e. The first kappa shape index (κ1) is 39.4. The predicted octanol–water partition coefficient (Wildman–Crippen LogP) is 4.83. The molecule has 274 valence electrons. The van der Waals surface area contributed by atoms with Crippen molar-refractivity contribution in [3.05, 3.63) is 42.5 Å². The van der Waals surface area contributed by atoms with Gasteiger partial charge in [-0.15, -0.1) is 0 Å². The van der Waals surface area contributed by atoms with E-state index in [0.717, 1.165) is 61.5 Å². The summed E-state index contributed by atoms with van der Waals surface area (Å²) in [6, 6.07) is 14.4. The number of nitrogens with one attached hydrogen (secondary N) is 1. The minimum absolute atomic E-state index is 0.0154. The highest BCUT2D eigenvalue weighted by Crippen LogP contribution is 2.67. The van der Waals surface area contributed by atoms with Gasteiger partial charge in [-0.3, -0.25) is 9.59 Å². The van der Waals surface area contributed by atoms with Crippen LogP contribution in [0.25, 0.3) is 10.8 Å². The number of hydrogen-bond donors (Lipinski definition) is 6. The topological polar surface area (TPSA) is 157 Å². The molecule has 2 aromatic carbocycles. The van der Waals surface area contributed by atoms with E-state index in [1.54, 1.807) is 0 Å². The Morgan fingerprint density at radius 2 is 1.71 bits per heavy atom. The van der Waals surface area contributed by atoms with E-state index in [1.165, 1.54) is 0 Å². The van der Waals surface area contributed by atoms with Crippen LogP contribution in [0.2, 0.25) is 0 Å². The van der Waals surface area contributed by atoms with Gasteiger partial charge in [0, 0.05) is 42.3 Å². The molecule has 0 heterocycles. The minimum Gasteiger partial charge on any atom is -0.490 e. The number of aliphatic hydroxyl groups is 5. The van der Waals surface area contributed by atoms with Crippen LogP contribution in [-0.2, 0) is 9.59 Å². The van der Waals surface area contributed by atoms with Crippen LogP contribution in [0, 0.1) is 34.5 Å². The molecule has 0 aliphatic heterocycles. The van der Waals surface area contributed by atoms with Crippen LogP contribution in [0.3, 0.4) is 0 Å². The van der Waals surface area contributed by atoms with Gasteiger partial charge in [0.15, 0.2) is 5.78 Å². The highest BCUT2D eigenvalue weighted by Gasteiger charge is 2.68. The molecule has 0 radical (unpaired) electrons. The summed E-state index contributed by atoms with van der Waals surface area (Å²) in [5.41, 5.74) is -2.40. The molecule has 0 amide bonds. The molecule has 9 heteroatoms. The maximum atomic E-state index is 13.4. The summed E-state index contributed by atoms with van der Waals surface area (Å²) >= 11 is 0. The number of benzene rings is 2. The summed E-state index contributed by atoms with van der Waals surface area (Å²) < 4.78 is 5.72. The van der Waals surface area contributed by atoms with Crippen molar-refractivity contribution in [2.75, 3.05) is 26.4 Å². The zero-order valence-corrected chi connectivity index (χ0v) is 30.2. The van der Waals surface area contributed by atoms with Crippen molar-refractivity contribution >= 4 is 22.3 Å². The van der Waals surface area contributed by atoms with Gasteiger partial charge >= 0.3 is 0 Å². The molecule has 0 spiro atoms. The normalized spacial score (nSPS) is 34.0. The number of hydrogen-bond acceptors (Lipinski definition) is 9. The van der Waals surface area contributed by atoms with E-state index in [0.29, 0.717) is 38.1 Å². The maximum absolute atomic E-state index is 13.4. The van der Waals surface area contributed by atoms with Gasteiger partial charge in [0.2, 0.25) is 0 Å². The molecule has 4 aliphatic carbocycles. The first-order valence-electron chi connectivity index (χ1n) is 18.5. The van der Waals surface area contributed by atoms with E-state index in [-0.39, 0.29) is 41.5 Å². The average Bonchev–Trinajstić information content (AvgIpc) is 3.36. The fourth-order valence-electron chi connectivity index (χ4n) is 9.58. The van der Waals surface area contributed by atoms with Crippen molar-refractivity contribution < 1.29 is 39.9 Å². The van der Waals surface area contributed by atoms with Gasteiger partial charge in [0.1, 0.15) is 36.5 Å². The van der Waals surface area contributed by atoms with Gasteiger partial charge < -0.3 is 35.6 Å². The quantitative estimate of drug-likeness (QED) is 0.218. The predicted molar refractivity (Wildman–Crippen MR) is 191 cm³/mol. The van der Waals surface area contributed by atoms with Gasteiger partial charge in [0.05, 0.1) is 6.10 Å². The van der Waals surface area contributed by atoms with E-state index < -0.39 is 29.5 Å². The van der Waals surface area contributed by atoms with Crippen molar-refractivity contribution in [1.82, 2.24) is 5.32 Å². The molecule has 6 rings (SSSR count). The first-order chi connectivity index (χ1) is 23.2. The van der Waals surface area contributed by atoms with E-state index in [2.05, 4.69) is 38.2 Å². The Morgan fingerprint density at radius 1 is 1.02 bits per heavy atom. The van der Waals surface area contributed by atoms with Crippen molar-refractivity contribution in [3.8, 4) is 5.75 Å². The number of ether oxygens (including phenoxy) is 1. The first-order valence-corrected chi connectivity index (χ1v) is 18.5. The van der Waals surface area contributed by atoms with Gasteiger partial charge in [-0.2, -0.15) is 0 Å². The third-order valence-corrected chi connectivity index (χ3v) is 12.2. The van der Waals surface area contributed by atoms with Crippen LogP contribution in [0.5, 0.6) is 5.75 Å². The zero-order valence-electron chi connectivity index (χ0n) is 30.2. The van der Waals surface area contributed by atoms with Crippen LogP contribution in [0.1, 0.15) is 92.4 Å². The molecule has 9 nitrogen and oxygen atoms in total. The fourth-order valence-corrected chi connectivity index (χ4v) is 9.58. The number of rotatable bonds is 9. The van der Waals surface area contributed by atoms with Crippen LogP contribution in [0.4, 0.5) is 0 Å². The highest BCUT2D eigenvalue weighted by molar-refractivity contribution is 5.92. The molecule has 0 unspecified atom stereocenters. The second kappa shape index (κ2) is 16.7. The Bertz CT molecular complexity index is 1390. The van der Waals surface area contributed by atoms with Crippen molar-refractivity contribution in [2.24, 2.45) is 34.5 Å². The minimum atomic E-state index is -1.58. The molecule has 0 saturated heterocycles. The number of Topliss-reactive ketones (excluding diaryl/α,β-unsaturated/α-hetero) is 2. The van der Waals surface area contributed by atoms with Gasteiger partial charge in [0.25, 0.3) is 0 Å². The lowest BCUT2D eigenvalue weighted by Crippen LogP contribution is -2.62. The summed E-state index contributed by atoms with van der Waals surface area (Å²) in [6.07, 6.45) is 5.85. The second-order valence-electron chi connectivity index (χ2n) is 15.7. The lowest BCUT2D eigenvalue weighted by atomic mass is 9.44. The zero-order chi connectivity index (χ0) is 36.0. The van der Waals surface area contributed by atoms with Gasteiger partial charge in [-0.1, -0.05) is 71.0 Å². The van der Waals surface area contributed by atoms with Crippen molar-refractivity contribution in [3.63, 3.8) is 0 Å². The lowest BCUT2D eigenvalue weighted by Gasteiger charge is -2.60. The molecule has 6 N–H and O–H groups in total. The summed E-state index contributed by atoms with van der Waals surface area (Å²) in [7, 11) is 0. The summed E-state index contributed by atoms with van der Waals surface area (Å²) in [5.74, 6) is 1.20. The number of carbonyl (C=O) groups is 2. The second-order valence-corrected chi connectivity index (χ2v) is 15.7. The molecule has 4 saturated carbocycles. The van der Waals surface area contributed by atoms with Crippen LogP contribution in [-0.4, -0.2) is 87.3 Å². The average molecular weight is 684 g/mol. The SMILES string of the molecule is CC(C)NC[C@@H](O)COc1cccc2ccccc12.CCCO.C[C@]12CC[C@@H](O)C[C@H]1CC[C@@H]1[C@@H]2C(=O)C[C@@]2(C)[C@H]1CC[C@]2(O)C(=O)CO. The third-order valence-electron chi connectivity index (χ3n) is 12.2. The number of carbonyl (C=O) groups excluding carboxylic acids is 2. The largest absolute Gasteiger partial charge is 0.490 e. The molecule has 0 bridgehead atoms. The summed E-state index contributed by atoms with van der Waals surface area (Å²) in [4.78, 5) is 25.7. The third kappa shape index (κ3) is 8.23. The van der Waals surface area contributed by atoms with E-state index in [1.807, 2.05) is 44.2 Å². The molecule has 49 heavy (non-hydrogen) atoms. The molecule has 4 aliphatic rings. The Labute approximate surface area is 292 Å². The van der Waals surface area contributed by atoms with Crippen molar-refractivity contribution in [1.29, 1.82) is 0 Å². The monoisotopic (exact) mass is 683 g/mol. The fraction of sp³-hybridized carbons (Fsp3) is 0.700. The molecular formula is C40H61NO8.